The molecule has 0 aliphatic heterocycles. The van der Waals surface area contributed by atoms with Crippen LogP contribution in [0.5, 0.6) is 0 Å². The molecule has 0 atom stereocenters. The molecule has 0 saturated carbocycles. The van der Waals surface area contributed by atoms with Crippen LogP contribution in [-0.4, -0.2) is 34.9 Å². The maximum absolute atomic E-state index is 13.3. The van der Waals surface area contributed by atoms with Crippen LogP contribution < -0.4 is 5.32 Å². The van der Waals surface area contributed by atoms with Crippen molar-refractivity contribution < 1.29 is 23.2 Å². The highest BCUT2D eigenvalue weighted by molar-refractivity contribution is 7.99. The molecule has 0 saturated heterocycles. The van der Waals surface area contributed by atoms with Gasteiger partial charge in [-0.05, 0) is 24.3 Å². The number of halogens is 1. The SMILES string of the molecule is COC(=O)c1ccccc1NC(=O)CSCc1nc(-c2cccc(F)c2)no1. The third-order valence-corrected chi connectivity index (χ3v) is 4.53. The van der Waals surface area contributed by atoms with E-state index in [0.29, 0.717) is 22.9 Å². The smallest absolute Gasteiger partial charge is 0.339 e. The van der Waals surface area contributed by atoms with Crippen LogP contribution in [0, 0.1) is 5.82 Å². The largest absolute Gasteiger partial charge is 0.465 e. The lowest BCUT2D eigenvalue weighted by atomic mass is 10.2. The first-order valence-corrected chi connectivity index (χ1v) is 9.35. The fourth-order valence-electron chi connectivity index (χ4n) is 2.36. The fraction of sp³-hybridized carbons (Fsp3) is 0.158. The molecule has 0 radical (unpaired) electrons. The van der Waals surface area contributed by atoms with E-state index in [9.17, 15) is 14.0 Å². The van der Waals surface area contributed by atoms with Crippen LogP contribution in [0.2, 0.25) is 0 Å². The van der Waals surface area contributed by atoms with Gasteiger partial charge in [0, 0.05) is 5.56 Å². The molecule has 144 valence electrons. The Kier molecular flexibility index (Phi) is 6.38. The molecule has 0 bridgehead atoms. The maximum atomic E-state index is 13.3. The molecular weight excluding hydrogens is 385 g/mol. The van der Waals surface area contributed by atoms with Crippen LogP contribution in [0.3, 0.4) is 0 Å². The van der Waals surface area contributed by atoms with Crippen LogP contribution in [-0.2, 0) is 15.3 Å². The number of para-hydroxylation sites is 1. The molecule has 9 heteroatoms. The minimum atomic E-state index is -0.528. The average molecular weight is 401 g/mol. The number of carbonyl (C=O) groups is 2. The minimum Gasteiger partial charge on any atom is -0.465 e. The Bertz CT molecular complexity index is 993. The second-order valence-corrected chi connectivity index (χ2v) is 6.59. The molecule has 7 nitrogen and oxygen atoms in total. The predicted octanol–water partition coefficient (Wildman–Crippen LogP) is 3.53. The standard InChI is InChI=1S/C19H16FN3O4S/c1-26-19(25)14-7-2-3-8-15(14)21-16(24)10-28-11-17-22-18(23-27-17)12-5-4-6-13(20)9-12/h2-9H,10-11H2,1H3,(H,21,24). The van der Waals surface area contributed by atoms with Gasteiger partial charge >= 0.3 is 5.97 Å². The monoisotopic (exact) mass is 401 g/mol. The highest BCUT2D eigenvalue weighted by Gasteiger charge is 2.14. The molecule has 3 aromatic rings. The Labute approximate surface area is 164 Å². The van der Waals surface area contributed by atoms with Crippen molar-refractivity contribution in [3.8, 4) is 11.4 Å². The lowest BCUT2D eigenvalue weighted by Crippen LogP contribution is -2.17. The van der Waals surface area contributed by atoms with Gasteiger partial charge in [0.05, 0.1) is 29.9 Å². The van der Waals surface area contributed by atoms with Crippen LogP contribution in [0.25, 0.3) is 11.4 Å². The Hall–Kier alpha value is -3.20. The number of rotatable bonds is 7. The highest BCUT2D eigenvalue weighted by atomic mass is 32.2. The van der Waals surface area contributed by atoms with Crippen LogP contribution in [0.4, 0.5) is 10.1 Å². The molecular formula is C19H16FN3O4S. The lowest BCUT2D eigenvalue weighted by Gasteiger charge is -2.09. The zero-order valence-corrected chi connectivity index (χ0v) is 15.7. The van der Waals surface area contributed by atoms with Gasteiger partial charge in [-0.15, -0.1) is 11.8 Å². The van der Waals surface area contributed by atoms with E-state index in [1.165, 1.54) is 31.0 Å². The number of benzene rings is 2. The molecule has 0 fully saturated rings. The van der Waals surface area contributed by atoms with Crippen molar-refractivity contribution in [2.24, 2.45) is 0 Å². The zero-order valence-electron chi connectivity index (χ0n) is 14.8. The number of amides is 1. The molecule has 3 rings (SSSR count). The van der Waals surface area contributed by atoms with Gasteiger partial charge in [-0.1, -0.05) is 29.4 Å². The van der Waals surface area contributed by atoms with Gasteiger partial charge in [0.1, 0.15) is 5.82 Å². The summed E-state index contributed by atoms with van der Waals surface area (Å²) in [6.07, 6.45) is 0. The number of hydrogen-bond acceptors (Lipinski definition) is 7. The normalized spacial score (nSPS) is 10.5. The average Bonchev–Trinajstić information content (AvgIpc) is 3.17. The summed E-state index contributed by atoms with van der Waals surface area (Å²) < 4.78 is 23.1. The van der Waals surface area contributed by atoms with Gasteiger partial charge in [-0.25, -0.2) is 9.18 Å². The van der Waals surface area contributed by atoms with E-state index in [1.54, 1.807) is 36.4 Å². The minimum absolute atomic E-state index is 0.118. The van der Waals surface area contributed by atoms with Gasteiger partial charge in [0.2, 0.25) is 17.6 Å². The van der Waals surface area contributed by atoms with Gasteiger partial charge < -0.3 is 14.6 Å². The molecule has 1 aromatic heterocycles. The molecule has 1 amide bonds. The summed E-state index contributed by atoms with van der Waals surface area (Å²) in [6, 6.07) is 12.5. The first kappa shape index (κ1) is 19.6. The number of carbonyl (C=O) groups excluding carboxylic acids is 2. The van der Waals surface area contributed by atoms with Crippen LogP contribution >= 0.6 is 11.8 Å². The van der Waals surface area contributed by atoms with Gasteiger partial charge in [-0.3, -0.25) is 4.79 Å². The Balaban J connectivity index is 1.53. The van der Waals surface area contributed by atoms with E-state index in [2.05, 4.69) is 15.5 Å². The number of ether oxygens (including phenoxy) is 1. The Morgan fingerprint density at radius 1 is 1.21 bits per heavy atom. The third kappa shape index (κ3) is 4.95. The second-order valence-electron chi connectivity index (χ2n) is 5.60. The summed E-state index contributed by atoms with van der Waals surface area (Å²) in [6.45, 7) is 0. The van der Waals surface area contributed by atoms with Gasteiger partial charge in [-0.2, -0.15) is 4.98 Å². The Morgan fingerprint density at radius 2 is 2.04 bits per heavy atom. The number of anilines is 1. The fourth-order valence-corrected chi connectivity index (χ4v) is 3.01. The quantitative estimate of drug-likeness (QED) is 0.605. The molecule has 0 unspecified atom stereocenters. The summed E-state index contributed by atoms with van der Waals surface area (Å²) in [5.41, 5.74) is 1.17. The number of esters is 1. The number of thioether (sulfide) groups is 1. The summed E-state index contributed by atoms with van der Waals surface area (Å²) >= 11 is 1.27. The number of hydrogen-bond donors (Lipinski definition) is 1. The molecule has 0 aliphatic rings. The summed E-state index contributed by atoms with van der Waals surface area (Å²) in [5.74, 6) is -0.159. The molecule has 1 heterocycles. The van der Waals surface area contributed by atoms with E-state index < -0.39 is 5.97 Å². The molecule has 1 N–H and O–H groups in total. The van der Waals surface area contributed by atoms with Crippen molar-refractivity contribution in [1.29, 1.82) is 0 Å². The Morgan fingerprint density at radius 3 is 2.82 bits per heavy atom. The third-order valence-electron chi connectivity index (χ3n) is 3.62. The number of methoxy groups -OCH3 is 1. The van der Waals surface area contributed by atoms with Gasteiger partial charge in [0.15, 0.2) is 0 Å². The predicted molar refractivity (Wildman–Crippen MR) is 102 cm³/mol. The first-order valence-electron chi connectivity index (χ1n) is 8.20. The number of nitrogens with zero attached hydrogens (tertiary/aromatic N) is 2. The maximum Gasteiger partial charge on any atom is 0.339 e. The summed E-state index contributed by atoms with van der Waals surface area (Å²) in [4.78, 5) is 28.1. The van der Waals surface area contributed by atoms with E-state index >= 15 is 0 Å². The molecule has 2 aromatic carbocycles. The first-order chi connectivity index (χ1) is 13.6. The van der Waals surface area contributed by atoms with Crippen molar-refractivity contribution in [3.05, 3.63) is 65.8 Å². The highest BCUT2D eigenvalue weighted by Crippen LogP contribution is 2.20. The van der Waals surface area contributed by atoms with Gasteiger partial charge in [0.25, 0.3) is 0 Å². The van der Waals surface area contributed by atoms with Crippen molar-refractivity contribution in [2.45, 2.75) is 5.75 Å². The van der Waals surface area contributed by atoms with E-state index in [4.69, 9.17) is 9.26 Å². The van der Waals surface area contributed by atoms with E-state index in [1.807, 2.05) is 0 Å². The van der Waals surface area contributed by atoms with Crippen molar-refractivity contribution in [3.63, 3.8) is 0 Å². The van der Waals surface area contributed by atoms with E-state index in [-0.39, 0.29) is 28.9 Å². The summed E-state index contributed by atoms with van der Waals surface area (Å²) in [7, 11) is 1.28. The van der Waals surface area contributed by atoms with Crippen molar-refractivity contribution >= 4 is 29.3 Å². The molecule has 0 spiro atoms. The van der Waals surface area contributed by atoms with Crippen LogP contribution in [0.1, 0.15) is 16.2 Å². The van der Waals surface area contributed by atoms with Crippen LogP contribution in [0.15, 0.2) is 53.1 Å². The zero-order chi connectivity index (χ0) is 19.9. The van der Waals surface area contributed by atoms with Crippen molar-refractivity contribution in [2.75, 3.05) is 18.2 Å². The molecule has 28 heavy (non-hydrogen) atoms. The van der Waals surface area contributed by atoms with Crippen molar-refractivity contribution in [1.82, 2.24) is 10.1 Å². The summed E-state index contributed by atoms with van der Waals surface area (Å²) in [5, 5.41) is 6.50. The second kappa shape index (κ2) is 9.14. The lowest BCUT2D eigenvalue weighted by molar-refractivity contribution is -0.113. The molecule has 0 aliphatic carbocycles. The topological polar surface area (TPSA) is 94.3 Å². The van der Waals surface area contributed by atoms with E-state index in [0.717, 1.165) is 0 Å². The number of aromatic nitrogens is 2. The number of nitrogens with one attached hydrogen (secondary N) is 1.